The minimum absolute atomic E-state index is 0.185. The van der Waals surface area contributed by atoms with E-state index in [2.05, 4.69) is 46.8 Å². The van der Waals surface area contributed by atoms with Crippen LogP contribution in [0.15, 0.2) is 72.8 Å². The van der Waals surface area contributed by atoms with Gasteiger partial charge in [-0.1, -0.05) is 62.7 Å². The van der Waals surface area contributed by atoms with Crippen molar-refractivity contribution in [2.24, 2.45) is 0 Å². The summed E-state index contributed by atoms with van der Waals surface area (Å²) in [6, 6.07) is 22.6. The molecule has 0 unspecified atom stereocenters. The van der Waals surface area contributed by atoms with Crippen LogP contribution in [-0.2, 0) is 5.41 Å². The molecular weight excluding hydrogens is 408 g/mol. The molecule has 3 aromatic rings. The van der Waals surface area contributed by atoms with E-state index < -0.39 is 5.97 Å². The minimum atomic E-state index is -0.430. The number of rotatable bonds is 7. The second-order valence-corrected chi connectivity index (χ2v) is 9.23. The zero-order valence-electron chi connectivity index (χ0n) is 18.7. The lowest BCUT2D eigenvalue weighted by molar-refractivity contribution is 0.0734. The third kappa shape index (κ3) is 5.68. The molecule has 31 heavy (non-hydrogen) atoms. The zero-order valence-corrected chi connectivity index (χ0v) is 19.5. The lowest BCUT2D eigenvalue weighted by atomic mass is 9.78. The molecule has 0 radical (unpaired) electrons. The fourth-order valence-corrected chi connectivity index (χ4v) is 3.41. The minimum Gasteiger partial charge on any atom is -0.488 e. The fourth-order valence-electron chi connectivity index (χ4n) is 3.22. The first-order valence-corrected chi connectivity index (χ1v) is 10.9. The Kier molecular flexibility index (Phi) is 6.76. The first kappa shape index (κ1) is 22.9. The number of carbonyl (C=O) groups is 1. The smallest absolute Gasteiger partial charge is 0.343 e. The van der Waals surface area contributed by atoms with E-state index in [-0.39, 0.29) is 11.0 Å². The van der Waals surface area contributed by atoms with Gasteiger partial charge in [-0.05, 0) is 73.9 Å². The van der Waals surface area contributed by atoms with Crippen molar-refractivity contribution in [2.45, 2.75) is 52.1 Å². The Morgan fingerprint density at radius 2 is 1.39 bits per heavy atom. The Labute approximate surface area is 190 Å². The van der Waals surface area contributed by atoms with Crippen LogP contribution < -0.4 is 9.47 Å². The molecule has 3 aromatic carbocycles. The molecule has 0 saturated carbocycles. The Morgan fingerprint density at radius 1 is 0.839 bits per heavy atom. The lowest BCUT2D eigenvalue weighted by Gasteiger charge is -2.28. The Bertz CT molecular complexity index is 1030. The van der Waals surface area contributed by atoms with Gasteiger partial charge in [0.05, 0.1) is 5.56 Å². The van der Waals surface area contributed by atoms with Gasteiger partial charge in [-0.25, -0.2) is 4.79 Å². The van der Waals surface area contributed by atoms with Crippen molar-refractivity contribution >= 4 is 17.6 Å². The monoisotopic (exact) mass is 436 g/mol. The molecule has 0 fully saturated rings. The third-order valence-electron chi connectivity index (χ3n) is 5.67. The van der Waals surface area contributed by atoms with E-state index in [1.807, 2.05) is 36.4 Å². The van der Waals surface area contributed by atoms with Crippen LogP contribution in [0.1, 0.15) is 62.5 Å². The molecule has 0 atom stereocenters. The highest BCUT2D eigenvalue weighted by molar-refractivity contribution is 6.30. The molecule has 0 aromatic heterocycles. The number of hydrogen-bond donors (Lipinski definition) is 0. The molecule has 0 spiro atoms. The Balaban J connectivity index is 1.72. The van der Waals surface area contributed by atoms with Gasteiger partial charge >= 0.3 is 5.97 Å². The second kappa shape index (κ2) is 9.15. The van der Waals surface area contributed by atoms with Gasteiger partial charge in [-0.2, -0.15) is 0 Å². The third-order valence-corrected chi connectivity index (χ3v) is 5.90. The van der Waals surface area contributed by atoms with Crippen LogP contribution in [0.3, 0.4) is 0 Å². The van der Waals surface area contributed by atoms with Crippen molar-refractivity contribution in [3.63, 3.8) is 0 Å². The summed E-state index contributed by atoms with van der Waals surface area (Å²) in [7, 11) is 0. The van der Waals surface area contributed by atoms with Gasteiger partial charge in [0.15, 0.2) is 0 Å². The first-order chi connectivity index (χ1) is 14.6. The normalized spacial score (nSPS) is 11.8. The summed E-state index contributed by atoms with van der Waals surface area (Å²) in [5.74, 6) is 0.935. The van der Waals surface area contributed by atoms with E-state index in [0.717, 1.165) is 17.7 Å². The predicted octanol–water partition coefficient (Wildman–Crippen LogP) is 7.45. The molecule has 0 aliphatic heterocycles. The number of esters is 1. The van der Waals surface area contributed by atoms with Crippen LogP contribution in [0.5, 0.6) is 11.5 Å². The molecular formula is C27H29ClO3. The van der Waals surface area contributed by atoms with Crippen molar-refractivity contribution in [2.75, 3.05) is 0 Å². The number of benzene rings is 3. The summed E-state index contributed by atoms with van der Waals surface area (Å²) in [5, 5.41) is 0.501. The molecule has 3 nitrogen and oxygen atoms in total. The Hall–Kier alpha value is -2.78. The maximum absolute atomic E-state index is 12.3. The summed E-state index contributed by atoms with van der Waals surface area (Å²) >= 11 is 5.95. The van der Waals surface area contributed by atoms with Crippen LogP contribution in [0, 0.1) is 0 Å². The maximum Gasteiger partial charge on any atom is 0.343 e. The van der Waals surface area contributed by atoms with Crippen molar-refractivity contribution in [3.8, 4) is 11.5 Å². The van der Waals surface area contributed by atoms with Crippen molar-refractivity contribution < 1.29 is 14.3 Å². The molecule has 3 rings (SSSR count). The molecule has 0 saturated heterocycles. The van der Waals surface area contributed by atoms with Gasteiger partial charge in [-0.15, -0.1) is 0 Å². The highest BCUT2D eigenvalue weighted by atomic mass is 35.5. The highest BCUT2D eigenvalue weighted by Gasteiger charge is 2.24. The summed E-state index contributed by atoms with van der Waals surface area (Å²) in [6.07, 6.45) is 0.939. The van der Waals surface area contributed by atoms with Crippen LogP contribution >= 0.6 is 11.6 Å². The molecule has 0 amide bonds. The SMILES string of the molecule is CCC(C)(C)Oc1ccc(C(C)(C)c2ccc(OC(=O)c3cccc(Cl)c3)cc2)cc1. The number of halogens is 1. The first-order valence-electron chi connectivity index (χ1n) is 10.5. The highest BCUT2D eigenvalue weighted by Crippen LogP contribution is 2.34. The molecule has 0 N–H and O–H groups in total. The van der Waals surface area contributed by atoms with Gasteiger partial charge < -0.3 is 9.47 Å². The molecule has 0 heterocycles. The Morgan fingerprint density at radius 3 is 1.90 bits per heavy atom. The van der Waals surface area contributed by atoms with Crippen LogP contribution in [0.25, 0.3) is 0 Å². The standard InChI is InChI=1S/C27H29ClO3/c1-6-26(2,3)31-24-16-12-21(13-17-24)27(4,5)20-10-14-23(15-11-20)30-25(29)19-8-7-9-22(28)18-19/h7-18H,6H2,1-5H3. The number of carbonyl (C=O) groups excluding carboxylic acids is 1. The van der Waals surface area contributed by atoms with E-state index in [9.17, 15) is 4.79 Å². The van der Waals surface area contributed by atoms with Gasteiger partial charge in [-0.3, -0.25) is 0 Å². The van der Waals surface area contributed by atoms with E-state index in [0.29, 0.717) is 16.3 Å². The molecule has 162 valence electrons. The lowest BCUT2D eigenvalue weighted by Crippen LogP contribution is -2.26. The van der Waals surface area contributed by atoms with Crippen LogP contribution in [-0.4, -0.2) is 11.6 Å². The van der Waals surface area contributed by atoms with Crippen LogP contribution in [0.4, 0.5) is 0 Å². The van der Waals surface area contributed by atoms with Gasteiger partial charge in [0.25, 0.3) is 0 Å². The molecule has 0 aliphatic carbocycles. The summed E-state index contributed by atoms with van der Waals surface area (Å²) in [4.78, 5) is 12.3. The van der Waals surface area contributed by atoms with Crippen molar-refractivity contribution in [1.29, 1.82) is 0 Å². The van der Waals surface area contributed by atoms with E-state index >= 15 is 0 Å². The van der Waals surface area contributed by atoms with E-state index in [1.165, 1.54) is 5.56 Å². The summed E-state index contributed by atoms with van der Waals surface area (Å²) in [5.41, 5.74) is 2.32. The largest absolute Gasteiger partial charge is 0.488 e. The van der Waals surface area contributed by atoms with Crippen molar-refractivity contribution in [3.05, 3.63) is 94.5 Å². The fraction of sp³-hybridized carbons (Fsp3) is 0.296. The van der Waals surface area contributed by atoms with E-state index in [1.54, 1.807) is 24.3 Å². The average molecular weight is 437 g/mol. The van der Waals surface area contributed by atoms with Crippen LogP contribution in [0.2, 0.25) is 5.02 Å². The average Bonchev–Trinajstić information content (AvgIpc) is 2.74. The van der Waals surface area contributed by atoms with E-state index in [4.69, 9.17) is 21.1 Å². The predicted molar refractivity (Wildman–Crippen MR) is 126 cm³/mol. The topological polar surface area (TPSA) is 35.5 Å². The van der Waals surface area contributed by atoms with Gasteiger partial charge in [0.2, 0.25) is 0 Å². The van der Waals surface area contributed by atoms with Gasteiger partial charge in [0.1, 0.15) is 17.1 Å². The quantitative estimate of drug-likeness (QED) is 0.285. The molecule has 0 aliphatic rings. The van der Waals surface area contributed by atoms with Gasteiger partial charge in [0, 0.05) is 10.4 Å². The molecule has 4 heteroatoms. The summed E-state index contributed by atoms with van der Waals surface area (Å²) in [6.45, 7) is 10.6. The second-order valence-electron chi connectivity index (χ2n) is 8.79. The number of hydrogen-bond acceptors (Lipinski definition) is 3. The maximum atomic E-state index is 12.3. The molecule has 0 bridgehead atoms. The number of ether oxygens (including phenoxy) is 2. The zero-order chi connectivity index (χ0) is 22.6. The summed E-state index contributed by atoms with van der Waals surface area (Å²) < 4.78 is 11.6. The van der Waals surface area contributed by atoms with Crippen molar-refractivity contribution in [1.82, 2.24) is 0 Å².